The van der Waals surface area contributed by atoms with Gasteiger partial charge in [-0.1, -0.05) is 36.0 Å². The minimum absolute atomic E-state index is 0.220. The number of nitrogens with one attached hydrogen (secondary N) is 1. The van der Waals surface area contributed by atoms with E-state index in [2.05, 4.69) is 34.2 Å². The van der Waals surface area contributed by atoms with E-state index < -0.39 is 0 Å². The molecular weight excluding hydrogens is 222 g/mol. The molecule has 16 heavy (non-hydrogen) atoms. The fraction of sp³-hybridized carbons (Fsp3) is 0.182. The molecule has 0 fully saturated rings. The van der Waals surface area contributed by atoms with Crippen molar-refractivity contribution in [2.45, 2.75) is 17.8 Å². The van der Waals surface area contributed by atoms with E-state index in [4.69, 9.17) is 0 Å². The first-order chi connectivity index (χ1) is 7.75. The SMILES string of the molecule is Cc1ccccc1CSc1nncc(=O)[nH]1. The Bertz CT molecular complexity index is 539. The Morgan fingerprint density at radius 1 is 1.38 bits per heavy atom. The number of rotatable bonds is 3. The van der Waals surface area contributed by atoms with Crippen molar-refractivity contribution in [3.05, 3.63) is 51.9 Å². The summed E-state index contributed by atoms with van der Waals surface area (Å²) in [5.41, 5.74) is 2.25. The van der Waals surface area contributed by atoms with Gasteiger partial charge in [0.15, 0.2) is 5.16 Å². The second-order valence-corrected chi connectivity index (χ2v) is 4.32. The summed E-state index contributed by atoms with van der Waals surface area (Å²) in [5, 5.41) is 8.00. The summed E-state index contributed by atoms with van der Waals surface area (Å²) in [4.78, 5) is 13.6. The van der Waals surface area contributed by atoms with Crippen LogP contribution in [-0.4, -0.2) is 15.2 Å². The van der Waals surface area contributed by atoms with Gasteiger partial charge in [0.05, 0.1) is 0 Å². The molecule has 2 rings (SSSR count). The van der Waals surface area contributed by atoms with Gasteiger partial charge in [-0.05, 0) is 18.1 Å². The number of hydrogen-bond donors (Lipinski definition) is 1. The number of aryl methyl sites for hydroxylation is 1. The summed E-state index contributed by atoms with van der Waals surface area (Å²) in [6.45, 7) is 2.06. The van der Waals surface area contributed by atoms with Crippen molar-refractivity contribution in [2.75, 3.05) is 0 Å². The van der Waals surface area contributed by atoms with Crippen LogP contribution in [0.3, 0.4) is 0 Å². The van der Waals surface area contributed by atoms with Crippen molar-refractivity contribution < 1.29 is 0 Å². The normalized spacial score (nSPS) is 10.3. The van der Waals surface area contributed by atoms with Crippen LogP contribution in [0.4, 0.5) is 0 Å². The Labute approximate surface area is 97.1 Å². The minimum Gasteiger partial charge on any atom is -0.299 e. The van der Waals surface area contributed by atoms with Gasteiger partial charge in [-0.15, -0.1) is 5.10 Å². The van der Waals surface area contributed by atoms with E-state index in [0.717, 1.165) is 11.9 Å². The lowest BCUT2D eigenvalue weighted by Gasteiger charge is -2.03. The number of benzene rings is 1. The number of aromatic nitrogens is 3. The van der Waals surface area contributed by atoms with Crippen LogP contribution in [0.25, 0.3) is 0 Å². The predicted octanol–water partition coefficient (Wildman–Crippen LogP) is 1.77. The largest absolute Gasteiger partial charge is 0.299 e. The van der Waals surface area contributed by atoms with Crippen molar-refractivity contribution in [3.63, 3.8) is 0 Å². The average molecular weight is 233 g/mol. The third-order valence-corrected chi connectivity index (χ3v) is 3.09. The fourth-order valence-electron chi connectivity index (χ4n) is 1.28. The first-order valence-electron chi connectivity index (χ1n) is 4.85. The molecule has 1 heterocycles. The number of hydrogen-bond acceptors (Lipinski definition) is 4. The molecule has 2 aromatic rings. The van der Waals surface area contributed by atoms with Gasteiger partial charge in [-0.2, -0.15) is 5.10 Å². The number of H-pyrrole nitrogens is 1. The van der Waals surface area contributed by atoms with E-state index in [1.807, 2.05) is 12.1 Å². The lowest BCUT2D eigenvalue weighted by Crippen LogP contribution is -2.08. The Morgan fingerprint density at radius 3 is 2.94 bits per heavy atom. The summed E-state index contributed by atoms with van der Waals surface area (Å²) >= 11 is 1.47. The van der Waals surface area contributed by atoms with Crippen LogP contribution >= 0.6 is 11.8 Å². The maximum Gasteiger partial charge on any atom is 0.270 e. The van der Waals surface area contributed by atoms with Gasteiger partial charge in [-0.3, -0.25) is 9.78 Å². The zero-order chi connectivity index (χ0) is 11.4. The molecule has 0 unspecified atom stereocenters. The van der Waals surface area contributed by atoms with Gasteiger partial charge in [0, 0.05) is 5.75 Å². The minimum atomic E-state index is -0.220. The third kappa shape index (κ3) is 2.70. The fourth-order valence-corrected chi connectivity index (χ4v) is 2.17. The molecule has 0 saturated carbocycles. The Morgan fingerprint density at radius 2 is 2.19 bits per heavy atom. The van der Waals surface area contributed by atoms with Crippen molar-refractivity contribution in [2.24, 2.45) is 0 Å². The highest BCUT2D eigenvalue weighted by atomic mass is 32.2. The number of thioether (sulfide) groups is 1. The monoisotopic (exact) mass is 233 g/mol. The molecule has 0 saturated heterocycles. The molecule has 0 radical (unpaired) electrons. The van der Waals surface area contributed by atoms with Crippen molar-refractivity contribution in [1.29, 1.82) is 0 Å². The highest BCUT2D eigenvalue weighted by Crippen LogP contribution is 2.19. The first kappa shape index (κ1) is 10.9. The molecule has 82 valence electrons. The van der Waals surface area contributed by atoms with Gasteiger partial charge in [0.2, 0.25) is 0 Å². The summed E-state index contributed by atoms with van der Waals surface area (Å²) in [6.07, 6.45) is 1.16. The quantitative estimate of drug-likeness (QED) is 0.821. The topological polar surface area (TPSA) is 58.6 Å². The highest BCUT2D eigenvalue weighted by Gasteiger charge is 2.01. The van der Waals surface area contributed by atoms with E-state index in [0.29, 0.717) is 5.16 Å². The standard InChI is InChI=1S/C11H11N3OS/c1-8-4-2-3-5-9(8)7-16-11-13-10(15)6-12-14-11/h2-6H,7H2,1H3,(H,13,14,15). The molecule has 0 aliphatic heterocycles. The van der Waals surface area contributed by atoms with Crippen LogP contribution in [0.2, 0.25) is 0 Å². The van der Waals surface area contributed by atoms with Crippen molar-refractivity contribution >= 4 is 11.8 Å². The predicted molar refractivity (Wildman–Crippen MR) is 63.4 cm³/mol. The van der Waals surface area contributed by atoms with Crippen molar-refractivity contribution in [1.82, 2.24) is 15.2 Å². The zero-order valence-electron chi connectivity index (χ0n) is 8.80. The lowest BCUT2D eigenvalue weighted by atomic mass is 10.1. The lowest BCUT2D eigenvalue weighted by molar-refractivity contribution is 0.817. The molecule has 0 aliphatic carbocycles. The molecule has 1 aromatic carbocycles. The summed E-state index contributed by atoms with van der Waals surface area (Å²) in [6, 6.07) is 8.14. The average Bonchev–Trinajstić information content (AvgIpc) is 2.28. The van der Waals surface area contributed by atoms with Crippen LogP contribution in [0.15, 0.2) is 40.4 Å². The summed E-state index contributed by atoms with van der Waals surface area (Å²) in [7, 11) is 0. The van der Waals surface area contributed by atoms with Gasteiger partial charge in [0.1, 0.15) is 6.20 Å². The second kappa shape index (κ2) is 4.94. The maximum absolute atomic E-state index is 11.0. The van der Waals surface area contributed by atoms with Gasteiger partial charge in [0.25, 0.3) is 5.56 Å². The third-order valence-electron chi connectivity index (χ3n) is 2.18. The van der Waals surface area contributed by atoms with Crippen LogP contribution in [0.5, 0.6) is 0 Å². The van der Waals surface area contributed by atoms with E-state index in [1.54, 1.807) is 0 Å². The summed E-state index contributed by atoms with van der Waals surface area (Å²) in [5.74, 6) is 0.779. The Kier molecular flexibility index (Phi) is 3.36. The second-order valence-electron chi connectivity index (χ2n) is 3.35. The van der Waals surface area contributed by atoms with Crippen LogP contribution in [-0.2, 0) is 5.75 Å². The van der Waals surface area contributed by atoms with Gasteiger partial charge in [-0.25, -0.2) is 0 Å². The molecular formula is C11H11N3OS. The molecule has 0 spiro atoms. The van der Waals surface area contributed by atoms with Crippen LogP contribution in [0.1, 0.15) is 11.1 Å². The van der Waals surface area contributed by atoms with Crippen LogP contribution in [0, 0.1) is 6.92 Å². The molecule has 5 heteroatoms. The van der Waals surface area contributed by atoms with E-state index in [-0.39, 0.29) is 5.56 Å². The molecule has 0 atom stereocenters. The molecule has 0 amide bonds. The molecule has 0 aliphatic rings. The van der Waals surface area contributed by atoms with E-state index >= 15 is 0 Å². The van der Waals surface area contributed by atoms with E-state index in [1.165, 1.54) is 22.9 Å². The van der Waals surface area contributed by atoms with E-state index in [9.17, 15) is 4.79 Å². The molecule has 1 N–H and O–H groups in total. The molecule has 0 bridgehead atoms. The maximum atomic E-state index is 11.0. The summed E-state index contributed by atoms with van der Waals surface area (Å²) < 4.78 is 0. The zero-order valence-corrected chi connectivity index (χ0v) is 9.62. The van der Waals surface area contributed by atoms with Gasteiger partial charge >= 0.3 is 0 Å². The molecule has 1 aromatic heterocycles. The van der Waals surface area contributed by atoms with Crippen molar-refractivity contribution in [3.8, 4) is 0 Å². The first-order valence-corrected chi connectivity index (χ1v) is 5.83. The Hall–Kier alpha value is -1.62. The number of nitrogens with zero attached hydrogens (tertiary/aromatic N) is 2. The number of aromatic amines is 1. The molecule has 4 nitrogen and oxygen atoms in total. The van der Waals surface area contributed by atoms with Crippen LogP contribution < -0.4 is 5.56 Å². The smallest absolute Gasteiger partial charge is 0.270 e. The highest BCUT2D eigenvalue weighted by molar-refractivity contribution is 7.98. The Balaban J connectivity index is 2.08. The van der Waals surface area contributed by atoms with Gasteiger partial charge < -0.3 is 0 Å².